The van der Waals surface area contributed by atoms with Gasteiger partial charge in [0.1, 0.15) is 18.1 Å². The van der Waals surface area contributed by atoms with E-state index in [0.29, 0.717) is 12.5 Å². The summed E-state index contributed by atoms with van der Waals surface area (Å²) in [5.41, 5.74) is 0. The van der Waals surface area contributed by atoms with Crippen LogP contribution in [-0.2, 0) is 17.7 Å². The third-order valence-electron chi connectivity index (χ3n) is 3.80. The van der Waals surface area contributed by atoms with E-state index in [4.69, 9.17) is 13.6 Å². The van der Waals surface area contributed by atoms with Crippen molar-refractivity contribution in [1.29, 1.82) is 0 Å². The Morgan fingerprint density at radius 1 is 1.13 bits per heavy atom. The topological polar surface area (TPSA) is 71.9 Å². The lowest BCUT2D eigenvalue weighted by atomic mass is 10.1. The van der Waals surface area contributed by atoms with Crippen LogP contribution in [0, 0.1) is 5.92 Å². The molecular weight excluding hydrogens is 294 g/mol. The molecule has 1 unspecified atom stereocenters. The van der Waals surface area contributed by atoms with Crippen molar-refractivity contribution in [1.82, 2.24) is 10.6 Å². The summed E-state index contributed by atoms with van der Waals surface area (Å²) in [7, 11) is 0. The maximum Gasteiger partial charge on any atom is 0.191 e. The fourth-order valence-corrected chi connectivity index (χ4v) is 2.48. The first-order chi connectivity index (χ1) is 11.4. The summed E-state index contributed by atoms with van der Waals surface area (Å²) in [5, 5.41) is 6.73. The minimum absolute atomic E-state index is 0.518. The molecule has 2 N–H and O–H groups in total. The van der Waals surface area contributed by atoms with E-state index >= 15 is 0 Å². The molecule has 3 rings (SSSR count). The van der Waals surface area contributed by atoms with Gasteiger partial charge >= 0.3 is 0 Å². The standard InChI is InChI=1S/C17H23N3O3/c1-3-15(22-8-1)5-7-18-17(19-11-14-6-10-21-13-14)20-12-16-4-2-9-23-16/h1-4,8-9,14H,5-7,10-13H2,(H2,18,19,20). The molecule has 1 aliphatic heterocycles. The zero-order valence-corrected chi connectivity index (χ0v) is 13.2. The van der Waals surface area contributed by atoms with Gasteiger partial charge in [0.2, 0.25) is 0 Å². The molecule has 1 saturated heterocycles. The van der Waals surface area contributed by atoms with E-state index in [-0.39, 0.29) is 0 Å². The fourth-order valence-electron chi connectivity index (χ4n) is 2.48. The van der Waals surface area contributed by atoms with E-state index in [2.05, 4.69) is 15.6 Å². The van der Waals surface area contributed by atoms with Gasteiger partial charge < -0.3 is 24.2 Å². The van der Waals surface area contributed by atoms with E-state index in [9.17, 15) is 0 Å². The normalized spacial score (nSPS) is 18.3. The second kappa shape index (κ2) is 8.43. The molecule has 6 heteroatoms. The fraction of sp³-hybridized carbons (Fsp3) is 0.471. The summed E-state index contributed by atoms with van der Waals surface area (Å²) >= 11 is 0. The summed E-state index contributed by atoms with van der Waals surface area (Å²) in [6.07, 6.45) is 5.28. The molecule has 0 spiro atoms. The number of guanidine groups is 1. The number of furan rings is 2. The van der Waals surface area contributed by atoms with Crippen molar-refractivity contribution in [3.63, 3.8) is 0 Å². The molecule has 6 nitrogen and oxygen atoms in total. The predicted octanol–water partition coefficient (Wildman–Crippen LogP) is 2.19. The number of hydrogen-bond donors (Lipinski definition) is 2. The molecular formula is C17H23N3O3. The van der Waals surface area contributed by atoms with Gasteiger partial charge in [0.25, 0.3) is 0 Å². The molecule has 2 aromatic heterocycles. The molecule has 3 heterocycles. The third kappa shape index (κ3) is 5.17. The van der Waals surface area contributed by atoms with Crippen LogP contribution in [-0.4, -0.2) is 32.3 Å². The molecule has 1 fully saturated rings. The van der Waals surface area contributed by atoms with Crippen molar-refractivity contribution in [2.45, 2.75) is 19.4 Å². The van der Waals surface area contributed by atoms with Crippen LogP contribution < -0.4 is 10.6 Å². The smallest absolute Gasteiger partial charge is 0.191 e. The molecule has 0 amide bonds. The van der Waals surface area contributed by atoms with Gasteiger partial charge in [-0.05, 0) is 30.7 Å². The van der Waals surface area contributed by atoms with Gasteiger partial charge in [-0.25, -0.2) is 4.99 Å². The largest absolute Gasteiger partial charge is 0.469 e. The molecule has 2 aromatic rings. The summed E-state index contributed by atoms with van der Waals surface area (Å²) in [5.74, 6) is 3.16. The van der Waals surface area contributed by atoms with Crippen LogP contribution in [0.1, 0.15) is 17.9 Å². The average molecular weight is 317 g/mol. The van der Waals surface area contributed by atoms with Crippen LogP contribution in [0.5, 0.6) is 0 Å². The van der Waals surface area contributed by atoms with Crippen LogP contribution >= 0.6 is 0 Å². The first-order valence-corrected chi connectivity index (χ1v) is 8.05. The van der Waals surface area contributed by atoms with Gasteiger partial charge in [0, 0.05) is 32.0 Å². The van der Waals surface area contributed by atoms with Crippen molar-refractivity contribution >= 4 is 5.96 Å². The minimum atomic E-state index is 0.518. The van der Waals surface area contributed by atoms with E-state index < -0.39 is 0 Å². The van der Waals surface area contributed by atoms with Crippen molar-refractivity contribution < 1.29 is 13.6 Å². The average Bonchev–Trinajstić information content (AvgIpc) is 3.33. The molecule has 0 saturated carbocycles. The van der Waals surface area contributed by atoms with Crippen LogP contribution in [0.3, 0.4) is 0 Å². The van der Waals surface area contributed by atoms with Crippen LogP contribution in [0.2, 0.25) is 0 Å². The Labute approximate surface area is 135 Å². The summed E-state index contributed by atoms with van der Waals surface area (Å²) in [6, 6.07) is 7.68. The van der Waals surface area contributed by atoms with Crippen molar-refractivity contribution in [2.24, 2.45) is 10.9 Å². The Bertz CT molecular complexity index is 572. The Balaban J connectivity index is 1.49. The maximum absolute atomic E-state index is 5.41. The van der Waals surface area contributed by atoms with Gasteiger partial charge in [0.05, 0.1) is 19.1 Å². The molecule has 1 aliphatic rings. The third-order valence-corrected chi connectivity index (χ3v) is 3.80. The highest BCUT2D eigenvalue weighted by molar-refractivity contribution is 5.79. The maximum atomic E-state index is 5.41. The second-order valence-electron chi connectivity index (χ2n) is 5.61. The first-order valence-electron chi connectivity index (χ1n) is 8.05. The molecule has 124 valence electrons. The highest BCUT2D eigenvalue weighted by atomic mass is 16.5. The molecule has 23 heavy (non-hydrogen) atoms. The Kier molecular flexibility index (Phi) is 5.75. The Hall–Kier alpha value is -2.21. The number of hydrogen-bond acceptors (Lipinski definition) is 4. The number of nitrogens with one attached hydrogen (secondary N) is 2. The molecule has 1 atom stereocenters. The molecule has 0 aliphatic carbocycles. The highest BCUT2D eigenvalue weighted by Gasteiger charge is 2.15. The lowest BCUT2D eigenvalue weighted by Gasteiger charge is -2.14. The number of aliphatic imine (C=N–C) groups is 1. The van der Waals surface area contributed by atoms with Gasteiger partial charge in [-0.1, -0.05) is 0 Å². The Morgan fingerprint density at radius 3 is 2.65 bits per heavy atom. The van der Waals surface area contributed by atoms with Crippen LogP contribution in [0.15, 0.2) is 50.6 Å². The number of rotatable bonds is 7. The van der Waals surface area contributed by atoms with Crippen molar-refractivity contribution in [3.05, 3.63) is 48.3 Å². The molecule has 0 bridgehead atoms. The summed E-state index contributed by atoms with van der Waals surface area (Å²) < 4.78 is 16.1. The van der Waals surface area contributed by atoms with Crippen molar-refractivity contribution in [2.75, 3.05) is 26.3 Å². The molecule has 0 radical (unpaired) electrons. The van der Waals surface area contributed by atoms with Gasteiger partial charge in [-0.15, -0.1) is 0 Å². The zero-order chi connectivity index (χ0) is 15.7. The highest BCUT2D eigenvalue weighted by Crippen LogP contribution is 2.10. The summed E-state index contributed by atoms with van der Waals surface area (Å²) in [4.78, 5) is 4.58. The quantitative estimate of drug-likeness (QED) is 0.605. The predicted molar refractivity (Wildman–Crippen MR) is 87.2 cm³/mol. The lowest BCUT2D eigenvalue weighted by molar-refractivity contribution is 0.186. The zero-order valence-electron chi connectivity index (χ0n) is 13.2. The SMILES string of the molecule is c1coc(CCNC(=NCc2ccco2)NCC2CCOC2)c1. The van der Waals surface area contributed by atoms with Crippen molar-refractivity contribution in [3.8, 4) is 0 Å². The van der Waals surface area contributed by atoms with Gasteiger partial charge in [0.15, 0.2) is 5.96 Å². The van der Waals surface area contributed by atoms with E-state index in [1.165, 1.54) is 0 Å². The monoisotopic (exact) mass is 317 g/mol. The lowest BCUT2D eigenvalue weighted by Crippen LogP contribution is -2.40. The Morgan fingerprint density at radius 2 is 1.96 bits per heavy atom. The van der Waals surface area contributed by atoms with Gasteiger partial charge in [-0.3, -0.25) is 0 Å². The first kappa shape index (κ1) is 15.7. The van der Waals surface area contributed by atoms with E-state index in [0.717, 1.165) is 56.6 Å². The van der Waals surface area contributed by atoms with Crippen LogP contribution in [0.25, 0.3) is 0 Å². The molecule has 0 aromatic carbocycles. The minimum Gasteiger partial charge on any atom is -0.469 e. The van der Waals surface area contributed by atoms with E-state index in [1.54, 1.807) is 12.5 Å². The summed E-state index contributed by atoms with van der Waals surface area (Å²) in [6.45, 7) is 3.83. The number of nitrogens with zero attached hydrogens (tertiary/aromatic N) is 1. The number of ether oxygens (including phenoxy) is 1. The van der Waals surface area contributed by atoms with Gasteiger partial charge in [-0.2, -0.15) is 0 Å². The van der Waals surface area contributed by atoms with Crippen LogP contribution in [0.4, 0.5) is 0 Å². The second-order valence-corrected chi connectivity index (χ2v) is 5.61. The van der Waals surface area contributed by atoms with E-state index in [1.807, 2.05) is 24.3 Å².